The van der Waals surface area contributed by atoms with Crippen LogP contribution in [0.15, 0.2) is 53.4 Å². The number of nitrogens with one attached hydrogen (secondary N) is 1. The van der Waals surface area contributed by atoms with Crippen molar-refractivity contribution in [3.05, 3.63) is 65.2 Å². The summed E-state index contributed by atoms with van der Waals surface area (Å²) in [7, 11) is 0. The summed E-state index contributed by atoms with van der Waals surface area (Å²) in [5.41, 5.74) is 3.65. The number of carbonyl (C=O) groups excluding carboxylic acids is 1. The molecule has 1 atom stereocenters. The lowest BCUT2D eigenvalue weighted by Gasteiger charge is -2.21. The SMILES string of the molecule is O=C(CCCCl)N[C@@H]1c2ccccc2CSc2ccccc21. The summed E-state index contributed by atoms with van der Waals surface area (Å²) in [5.74, 6) is 1.50. The van der Waals surface area contributed by atoms with Crippen molar-refractivity contribution >= 4 is 29.3 Å². The topological polar surface area (TPSA) is 29.1 Å². The minimum atomic E-state index is -0.0785. The molecule has 0 aromatic heterocycles. The van der Waals surface area contributed by atoms with Crippen molar-refractivity contribution in [1.29, 1.82) is 0 Å². The predicted molar refractivity (Wildman–Crippen MR) is 92.4 cm³/mol. The first-order valence-electron chi connectivity index (χ1n) is 7.44. The van der Waals surface area contributed by atoms with E-state index < -0.39 is 0 Å². The molecule has 1 amide bonds. The molecular weight excluding hydrogens is 314 g/mol. The van der Waals surface area contributed by atoms with Crippen molar-refractivity contribution in [2.45, 2.75) is 29.5 Å². The van der Waals surface area contributed by atoms with Gasteiger partial charge in [0.25, 0.3) is 0 Å². The number of halogens is 1. The molecule has 2 aromatic rings. The third kappa shape index (κ3) is 3.31. The van der Waals surface area contributed by atoms with Crippen LogP contribution >= 0.6 is 23.4 Å². The average Bonchev–Trinajstić information content (AvgIpc) is 2.71. The Balaban J connectivity index is 1.97. The van der Waals surface area contributed by atoms with Gasteiger partial charge in [0.2, 0.25) is 5.91 Å². The van der Waals surface area contributed by atoms with Gasteiger partial charge in [-0.05, 0) is 29.2 Å². The number of hydrogen-bond donors (Lipinski definition) is 1. The van der Waals surface area contributed by atoms with E-state index in [0.717, 1.165) is 5.75 Å². The molecule has 1 aliphatic rings. The monoisotopic (exact) mass is 331 g/mol. The zero-order chi connectivity index (χ0) is 15.4. The molecule has 0 bridgehead atoms. The van der Waals surface area contributed by atoms with Crippen molar-refractivity contribution in [1.82, 2.24) is 5.32 Å². The highest BCUT2D eigenvalue weighted by Gasteiger charge is 2.24. The normalized spacial score (nSPS) is 16.3. The first-order chi connectivity index (χ1) is 10.8. The van der Waals surface area contributed by atoms with Gasteiger partial charge in [-0.2, -0.15) is 0 Å². The van der Waals surface area contributed by atoms with Crippen molar-refractivity contribution in [3.63, 3.8) is 0 Å². The smallest absolute Gasteiger partial charge is 0.220 e. The molecule has 0 radical (unpaired) electrons. The number of carbonyl (C=O) groups is 1. The van der Waals surface area contributed by atoms with Crippen molar-refractivity contribution < 1.29 is 4.79 Å². The molecule has 0 aliphatic carbocycles. The van der Waals surface area contributed by atoms with Crippen molar-refractivity contribution in [2.75, 3.05) is 5.88 Å². The second-order valence-electron chi connectivity index (χ2n) is 5.32. The lowest BCUT2D eigenvalue weighted by atomic mass is 9.95. The highest BCUT2D eigenvalue weighted by atomic mass is 35.5. The molecule has 1 N–H and O–H groups in total. The first-order valence-corrected chi connectivity index (χ1v) is 8.96. The molecule has 0 spiro atoms. The average molecular weight is 332 g/mol. The molecule has 1 aliphatic heterocycles. The van der Waals surface area contributed by atoms with Gasteiger partial charge in [-0.1, -0.05) is 42.5 Å². The van der Waals surface area contributed by atoms with E-state index in [1.54, 1.807) is 0 Å². The fraction of sp³-hybridized carbons (Fsp3) is 0.278. The molecule has 0 unspecified atom stereocenters. The number of benzene rings is 2. The number of fused-ring (bicyclic) bond motifs is 2. The Hall–Kier alpha value is -1.45. The summed E-state index contributed by atoms with van der Waals surface area (Å²) in [6.45, 7) is 0. The number of rotatable bonds is 4. The highest BCUT2D eigenvalue weighted by molar-refractivity contribution is 7.98. The Kier molecular flexibility index (Phi) is 5.06. The zero-order valence-corrected chi connectivity index (χ0v) is 13.8. The van der Waals surface area contributed by atoms with Gasteiger partial charge in [-0.15, -0.1) is 23.4 Å². The van der Waals surface area contributed by atoms with E-state index in [4.69, 9.17) is 11.6 Å². The van der Waals surface area contributed by atoms with Crippen LogP contribution in [0.5, 0.6) is 0 Å². The molecule has 22 heavy (non-hydrogen) atoms. The summed E-state index contributed by atoms with van der Waals surface area (Å²) in [6, 6.07) is 16.6. The maximum absolute atomic E-state index is 12.2. The Bertz CT molecular complexity index is 626. The predicted octanol–water partition coefficient (Wildman–Crippen LogP) is 4.52. The zero-order valence-electron chi connectivity index (χ0n) is 12.2. The molecule has 0 fully saturated rings. The lowest BCUT2D eigenvalue weighted by molar-refractivity contribution is -0.121. The molecular formula is C18H18ClNOS. The van der Waals surface area contributed by atoms with E-state index in [0.29, 0.717) is 18.7 Å². The van der Waals surface area contributed by atoms with Gasteiger partial charge in [0, 0.05) is 22.9 Å². The Morgan fingerprint density at radius 2 is 1.86 bits per heavy atom. The summed E-state index contributed by atoms with van der Waals surface area (Å²) in [5, 5.41) is 3.20. The van der Waals surface area contributed by atoms with Gasteiger partial charge < -0.3 is 5.32 Å². The Labute approximate surface area is 140 Å². The van der Waals surface area contributed by atoms with Crippen LogP contribution in [-0.2, 0) is 10.5 Å². The van der Waals surface area contributed by atoms with Crippen LogP contribution in [0.4, 0.5) is 0 Å². The molecule has 0 saturated carbocycles. The summed E-state index contributed by atoms with van der Waals surface area (Å²) in [6.07, 6.45) is 1.18. The quantitative estimate of drug-likeness (QED) is 0.835. The lowest BCUT2D eigenvalue weighted by Crippen LogP contribution is -2.29. The molecule has 114 valence electrons. The molecule has 3 rings (SSSR count). The fourth-order valence-corrected chi connectivity index (χ4v) is 3.97. The minimum Gasteiger partial charge on any atom is -0.345 e. The Morgan fingerprint density at radius 3 is 2.68 bits per heavy atom. The van der Waals surface area contributed by atoms with E-state index in [1.165, 1.54) is 21.6 Å². The van der Waals surface area contributed by atoms with E-state index in [-0.39, 0.29) is 11.9 Å². The molecule has 4 heteroatoms. The van der Waals surface area contributed by atoms with Gasteiger partial charge >= 0.3 is 0 Å². The number of thioether (sulfide) groups is 1. The van der Waals surface area contributed by atoms with E-state index in [2.05, 4.69) is 35.6 Å². The fourth-order valence-electron chi connectivity index (χ4n) is 2.74. The number of amides is 1. The van der Waals surface area contributed by atoms with Crippen LogP contribution in [0.1, 0.15) is 35.6 Å². The van der Waals surface area contributed by atoms with Crippen LogP contribution in [0.25, 0.3) is 0 Å². The van der Waals surface area contributed by atoms with Gasteiger partial charge in [-0.3, -0.25) is 4.79 Å². The summed E-state index contributed by atoms with van der Waals surface area (Å²) in [4.78, 5) is 13.5. The van der Waals surface area contributed by atoms with Crippen LogP contribution in [0, 0.1) is 0 Å². The Morgan fingerprint density at radius 1 is 1.14 bits per heavy atom. The van der Waals surface area contributed by atoms with Gasteiger partial charge in [0.15, 0.2) is 0 Å². The number of alkyl halides is 1. The van der Waals surface area contributed by atoms with Gasteiger partial charge in [-0.25, -0.2) is 0 Å². The van der Waals surface area contributed by atoms with E-state index in [1.807, 2.05) is 30.0 Å². The summed E-state index contributed by atoms with van der Waals surface area (Å²) >= 11 is 7.52. The van der Waals surface area contributed by atoms with Crippen LogP contribution < -0.4 is 5.32 Å². The number of hydrogen-bond acceptors (Lipinski definition) is 2. The van der Waals surface area contributed by atoms with Gasteiger partial charge in [0.05, 0.1) is 6.04 Å². The maximum Gasteiger partial charge on any atom is 0.220 e. The van der Waals surface area contributed by atoms with Gasteiger partial charge in [0.1, 0.15) is 0 Å². The minimum absolute atomic E-state index is 0.0576. The van der Waals surface area contributed by atoms with Crippen molar-refractivity contribution in [3.8, 4) is 0 Å². The largest absolute Gasteiger partial charge is 0.345 e. The standard InChI is InChI=1S/C18H18ClNOS/c19-11-5-10-17(21)20-18-14-7-2-1-6-13(14)12-22-16-9-4-3-8-15(16)18/h1-4,6-9,18H,5,10-12H2,(H,20,21)/t18-/m1/s1. The molecule has 2 aromatic carbocycles. The highest BCUT2D eigenvalue weighted by Crippen LogP contribution is 2.39. The third-order valence-corrected chi connectivity index (χ3v) is 5.23. The molecule has 0 saturated heterocycles. The second-order valence-corrected chi connectivity index (χ2v) is 6.71. The molecule has 1 heterocycles. The summed E-state index contributed by atoms with van der Waals surface area (Å²) < 4.78 is 0. The molecule has 2 nitrogen and oxygen atoms in total. The van der Waals surface area contributed by atoms with Crippen LogP contribution in [0.3, 0.4) is 0 Å². The van der Waals surface area contributed by atoms with E-state index >= 15 is 0 Å². The second kappa shape index (κ2) is 7.21. The first kappa shape index (κ1) is 15.4. The maximum atomic E-state index is 12.2. The third-order valence-electron chi connectivity index (χ3n) is 3.82. The van der Waals surface area contributed by atoms with E-state index in [9.17, 15) is 4.79 Å². The van der Waals surface area contributed by atoms with Crippen LogP contribution in [-0.4, -0.2) is 11.8 Å². The van der Waals surface area contributed by atoms with Crippen molar-refractivity contribution in [2.24, 2.45) is 0 Å². The van der Waals surface area contributed by atoms with Crippen LogP contribution in [0.2, 0.25) is 0 Å².